The molecule has 0 unspecified atom stereocenters. The van der Waals surface area contributed by atoms with Crippen molar-refractivity contribution in [1.29, 1.82) is 0 Å². The Balaban J connectivity index is 1.33. The summed E-state index contributed by atoms with van der Waals surface area (Å²) in [5, 5.41) is 2.37. The number of aromatic nitrogens is 1. The molecule has 4 aliphatic rings. The summed E-state index contributed by atoms with van der Waals surface area (Å²) in [4.78, 5) is 2.69. The molecular weight excluding hydrogens is 816 g/mol. The molecule has 0 radical (unpaired) electrons. The van der Waals surface area contributed by atoms with Crippen molar-refractivity contribution in [1.82, 2.24) is 4.48 Å². The lowest BCUT2D eigenvalue weighted by molar-refractivity contribution is 0.332. The molecule has 5 heteroatoms. The van der Waals surface area contributed by atoms with Crippen LogP contribution in [0.25, 0.3) is 44.1 Å². The Labute approximate surface area is 401 Å². The molecule has 4 nitrogen and oxygen atoms in total. The summed E-state index contributed by atoms with van der Waals surface area (Å²) < 4.78 is 14.8. The van der Waals surface area contributed by atoms with E-state index in [4.69, 9.17) is 9.47 Å². The van der Waals surface area contributed by atoms with Gasteiger partial charge in [0.1, 0.15) is 11.5 Å². The molecule has 0 saturated carbocycles. The van der Waals surface area contributed by atoms with Crippen LogP contribution in [-0.2, 0) is 32.5 Å². The monoisotopic (exact) mass is 887 g/mol. The number of benzene rings is 6. The van der Waals surface area contributed by atoms with E-state index in [2.05, 4.69) is 197 Å². The lowest BCUT2D eigenvalue weighted by Gasteiger charge is -2.47. The number of anilines is 3. The average molecular weight is 887 g/mol. The van der Waals surface area contributed by atoms with Crippen LogP contribution >= 0.6 is 0 Å². The molecule has 0 N–H and O–H groups in total. The highest BCUT2D eigenvalue weighted by atomic mass is 16.5. The quantitative estimate of drug-likeness (QED) is 0.165. The van der Waals surface area contributed by atoms with E-state index in [-0.39, 0.29) is 39.3 Å². The van der Waals surface area contributed by atoms with Gasteiger partial charge in [0.25, 0.3) is 0 Å². The van der Waals surface area contributed by atoms with Crippen molar-refractivity contribution in [3.05, 3.63) is 124 Å². The van der Waals surface area contributed by atoms with Crippen LogP contribution in [0, 0.1) is 0 Å². The van der Waals surface area contributed by atoms with Gasteiger partial charge in [-0.25, -0.2) is 0 Å². The van der Waals surface area contributed by atoms with E-state index in [1.165, 1.54) is 112 Å². The summed E-state index contributed by atoms with van der Waals surface area (Å²) in [5.74, 6) is 1.72. The van der Waals surface area contributed by atoms with Crippen molar-refractivity contribution in [3.63, 3.8) is 0 Å². The van der Waals surface area contributed by atoms with Gasteiger partial charge in [-0.2, -0.15) is 0 Å². The van der Waals surface area contributed by atoms with Crippen molar-refractivity contribution in [2.75, 3.05) is 19.1 Å². The van der Waals surface area contributed by atoms with Gasteiger partial charge >= 0.3 is 6.85 Å². The molecular formula is C62H71BN2O2. The number of ether oxygens (including phenoxy) is 2. The van der Waals surface area contributed by atoms with Crippen LogP contribution in [0.1, 0.15) is 156 Å². The Morgan fingerprint density at radius 2 is 1.04 bits per heavy atom. The number of methoxy groups -OCH3 is 2. The molecule has 0 saturated heterocycles. The summed E-state index contributed by atoms with van der Waals surface area (Å²) in [6, 6.07) is 36.5. The molecule has 0 fully saturated rings. The third-order valence-corrected chi connectivity index (χ3v) is 17.2. The summed E-state index contributed by atoms with van der Waals surface area (Å²) >= 11 is 0. The minimum Gasteiger partial charge on any atom is -0.497 e. The van der Waals surface area contributed by atoms with E-state index in [1.807, 2.05) is 0 Å². The van der Waals surface area contributed by atoms with Crippen molar-refractivity contribution in [2.24, 2.45) is 0 Å². The molecule has 2 aliphatic heterocycles. The Morgan fingerprint density at radius 1 is 0.493 bits per heavy atom. The van der Waals surface area contributed by atoms with E-state index in [1.54, 1.807) is 14.2 Å². The van der Waals surface area contributed by atoms with Crippen molar-refractivity contribution < 1.29 is 9.47 Å². The van der Waals surface area contributed by atoms with Gasteiger partial charge in [0.15, 0.2) is 0 Å². The summed E-state index contributed by atoms with van der Waals surface area (Å²) in [5.41, 5.74) is 22.7. The predicted octanol–water partition coefficient (Wildman–Crippen LogP) is 15.2. The number of fused-ring (bicyclic) bond motifs is 9. The van der Waals surface area contributed by atoms with Crippen LogP contribution in [0.2, 0.25) is 0 Å². The second kappa shape index (κ2) is 14.1. The maximum absolute atomic E-state index is 6.23. The molecule has 7 aromatic rings. The van der Waals surface area contributed by atoms with Gasteiger partial charge in [-0.05, 0) is 180 Å². The highest BCUT2D eigenvalue weighted by molar-refractivity contribution is 6.90. The molecule has 344 valence electrons. The largest absolute Gasteiger partial charge is 0.497 e. The molecule has 0 amide bonds. The summed E-state index contributed by atoms with van der Waals surface area (Å²) in [6.45, 7) is 33.7. The van der Waals surface area contributed by atoms with Crippen LogP contribution in [0.4, 0.5) is 17.1 Å². The van der Waals surface area contributed by atoms with Crippen LogP contribution in [-0.4, -0.2) is 25.5 Å². The van der Waals surface area contributed by atoms with Crippen molar-refractivity contribution in [3.8, 4) is 33.8 Å². The van der Waals surface area contributed by atoms with E-state index >= 15 is 0 Å². The Kier molecular flexibility index (Phi) is 9.27. The molecule has 0 atom stereocenters. The second-order valence-corrected chi connectivity index (χ2v) is 25.5. The first-order valence-electron chi connectivity index (χ1n) is 25.0. The van der Waals surface area contributed by atoms with Gasteiger partial charge in [-0.1, -0.05) is 127 Å². The third kappa shape index (κ3) is 6.52. The zero-order valence-electron chi connectivity index (χ0n) is 43.3. The minimum absolute atomic E-state index is 0.0249. The maximum Gasteiger partial charge on any atom is 0.333 e. The summed E-state index contributed by atoms with van der Waals surface area (Å²) in [7, 11) is 3.58. The zero-order chi connectivity index (χ0) is 47.7. The molecule has 3 heterocycles. The Hall–Kier alpha value is -5.42. The first kappa shape index (κ1) is 44.1. The first-order chi connectivity index (χ1) is 31.3. The van der Waals surface area contributed by atoms with Crippen LogP contribution in [0.15, 0.2) is 91.0 Å². The number of hydrogen-bond acceptors (Lipinski definition) is 3. The molecule has 6 aromatic carbocycles. The molecule has 11 rings (SSSR count). The van der Waals surface area contributed by atoms with Gasteiger partial charge in [0.05, 0.1) is 14.2 Å². The first-order valence-corrected chi connectivity index (χ1v) is 25.0. The van der Waals surface area contributed by atoms with Crippen molar-refractivity contribution >= 4 is 56.6 Å². The zero-order valence-corrected chi connectivity index (χ0v) is 43.3. The normalized spacial score (nSPS) is 18.3. The van der Waals surface area contributed by atoms with Crippen LogP contribution in [0.3, 0.4) is 0 Å². The second-order valence-electron chi connectivity index (χ2n) is 25.5. The lowest BCUT2D eigenvalue weighted by Crippen LogP contribution is -2.57. The Bertz CT molecular complexity index is 3220. The van der Waals surface area contributed by atoms with E-state index in [9.17, 15) is 0 Å². The molecule has 0 spiro atoms. The highest BCUT2D eigenvalue weighted by Gasteiger charge is 2.47. The fraction of sp³-hybridized carbons (Fsp3) is 0.419. The number of nitrogens with zero attached hydrogens (tertiary/aromatic N) is 2. The smallest absolute Gasteiger partial charge is 0.333 e. The van der Waals surface area contributed by atoms with Crippen LogP contribution < -0.4 is 25.3 Å². The van der Waals surface area contributed by atoms with E-state index in [0.717, 1.165) is 30.8 Å². The fourth-order valence-corrected chi connectivity index (χ4v) is 12.6. The molecule has 1 aromatic heterocycles. The third-order valence-electron chi connectivity index (χ3n) is 17.2. The van der Waals surface area contributed by atoms with Gasteiger partial charge in [0, 0.05) is 44.4 Å². The molecule has 2 aliphatic carbocycles. The summed E-state index contributed by atoms with van der Waals surface area (Å²) in [6.07, 6.45) is 4.66. The van der Waals surface area contributed by atoms with Gasteiger partial charge in [0.2, 0.25) is 0 Å². The predicted molar refractivity (Wildman–Crippen MR) is 286 cm³/mol. The standard InChI is InChI=1S/C62H71BN2O2/c1-57(2,3)38-25-36(26-39(29-38)58(4,5)6)37-27-44-46-33-42(67-16)32-45-43-31-41(66-15)18-20-52(43)65(56(45)46)63-51-34-49-50(62(13,14)24-23-61(49,11)12)35-53(51)64(54(28-37)55(44)63)40-17-19-47-48(30-40)60(9,10)22-21-59(47,7)8/h17-20,25-35H,21-24H2,1-16H3. The lowest BCUT2D eigenvalue weighted by atomic mass is 9.44. The minimum atomic E-state index is -0.0789. The average Bonchev–Trinajstić information content (AvgIpc) is 3.60. The fourth-order valence-electron chi connectivity index (χ4n) is 12.6. The Morgan fingerprint density at radius 3 is 1.64 bits per heavy atom. The van der Waals surface area contributed by atoms with Crippen LogP contribution in [0.5, 0.6) is 11.5 Å². The maximum atomic E-state index is 6.23. The van der Waals surface area contributed by atoms with Gasteiger partial charge in [-0.15, -0.1) is 0 Å². The molecule has 0 bridgehead atoms. The van der Waals surface area contributed by atoms with Gasteiger partial charge < -0.3 is 18.9 Å². The SMILES string of the molecule is COc1ccc2c(c1)c1cc(OC)cc3c1n2B1c2cc4c(cc2N(c2ccc5c(c2)C(C)(C)CCC5(C)C)c2cc(-c5cc(C(C)(C)C)cc(C(C)(C)C)c5)cc-3c21)C(C)(C)CCC4(C)C. The van der Waals surface area contributed by atoms with E-state index < -0.39 is 0 Å². The topological polar surface area (TPSA) is 26.6 Å². The van der Waals surface area contributed by atoms with Crippen molar-refractivity contribution in [2.45, 2.75) is 155 Å². The van der Waals surface area contributed by atoms with Gasteiger partial charge in [-0.3, -0.25) is 0 Å². The van der Waals surface area contributed by atoms with E-state index in [0.29, 0.717) is 0 Å². The highest BCUT2D eigenvalue weighted by Crippen LogP contribution is 2.54. The number of rotatable bonds is 4. The molecule has 67 heavy (non-hydrogen) atoms. The number of hydrogen-bond donors (Lipinski definition) is 0.